The third-order valence-corrected chi connectivity index (χ3v) is 5.77. The van der Waals surface area contributed by atoms with Gasteiger partial charge in [0, 0.05) is 11.4 Å². The first kappa shape index (κ1) is 9.95. The van der Waals surface area contributed by atoms with E-state index in [0.29, 0.717) is 0 Å². The maximum atomic E-state index is 5.65. The summed E-state index contributed by atoms with van der Waals surface area (Å²) in [5, 5.41) is 1.25. The SMILES string of the molecule is CC1=C[P@@](C)(=S)C(c2ccco2)=C1C. The fraction of sp³-hybridized carbons (Fsp3) is 0.273. The Hall–Kier alpha value is -0.590. The van der Waals surface area contributed by atoms with Crippen molar-refractivity contribution in [1.82, 2.24) is 0 Å². The topological polar surface area (TPSA) is 13.1 Å². The second kappa shape index (κ2) is 3.22. The van der Waals surface area contributed by atoms with E-state index in [1.54, 1.807) is 6.26 Å². The van der Waals surface area contributed by atoms with E-state index in [4.69, 9.17) is 16.2 Å². The van der Waals surface area contributed by atoms with Crippen molar-refractivity contribution in [3.63, 3.8) is 0 Å². The maximum absolute atomic E-state index is 5.65. The Bertz CT molecular complexity index is 465. The highest BCUT2D eigenvalue weighted by molar-refractivity contribution is 8.20. The average molecular weight is 224 g/mol. The predicted octanol–water partition coefficient (Wildman–Crippen LogP) is 4.04. The molecule has 1 aliphatic rings. The molecule has 2 heterocycles. The van der Waals surface area contributed by atoms with Crippen molar-refractivity contribution in [2.75, 3.05) is 6.66 Å². The zero-order valence-corrected chi connectivity index (χ0v) is 10.3. The van der Waals surface area contributed by atoms with Crippen molar-refractivity contribution in [2.45, 2.75) is 13.8 Å². The van der Waals surface area contributed by atoms with E-state index in [1.165, 1.54) is 16.5 Å². The Morgan fingerprint density at radius 2 is 2.07 bits per heavy atom. The number of rotatable bonds is 1. The summed E-state index contributed by atoms with van der Waals surface area (Å²) >= 11 is 5.65. The summed E-state index contributed by atoms with van der Waals surface area (Å²) in [6.07, 6.45) is 1.71. The van der Waals surface area contributed by atoms with E-state index in [9.17, 15) is 0 Å². The van der Waals surface area contributed by atoms with E-state index in [0.717, 1.165) is 5.76 Å². The fourth-order valence-corrected chi connectivity index (χ4v) is 5.49. The van der Waals surface area contributed by atoms with Crippen molar-refractivity contribution < 1.29 is 4.42 Å². The smallest absolute Gasteiger partial charge is 0.135 e. The lowest BCUT2D eigenvalue weighted by atomic mass is 10.1. The van der Waals surface area contributed by atoms with Crippen molar-refractivity contribution in [1.29, 1.82) is 0 Å². The molecule has 1 aromatic rings. The first-order chi connectivity index (χ1) is 6.52. The highest BCUT2D eigenvalue weighted by Crippen LogP contribution is 2.64. The van der Waals surface area contributed by atoms with E-state index < -0.39 is 6.04 Å². The van der Waals surface area contributed by atoms with Gasteiger partial charge in [0.05, 0.1) is 6.26 Å². The van der Waals surface area contributed by atoms with Crippen LogP contribution < -0.4 is 0 Å². The molecule has 0 N–H and O–H groups in total. The fourth-order valence-electron chi connectivity index (χ4n) is 1.87. The van der Waals surface area contributed by atoms with Crippen molar-refractivity contribution in [3.8, 4) is 0 Å². The minimum Gasteiger partial charge on any atom is -0.464 e. The Morgan fingerprint density at radius 1 is 1.36 bits per heavy atom. The van der Waals surface area contributed by atoms with Gasteiger partial charge in [-0.05, 0) is 49.6 Å². The van der Waals surface area contributed by atoms with Gasteiger partial charge in [0.15, 0.2) is 0 Å². The number of furan rings is 1. The lowest BCUT2D eigenvalue weighted by Crippen LogP contribution is -1.81. The van der Waals surface area contributed by atoms with Gasteiger partial charge in [0.25, 0.3) is 0 Å². The molecule has 3 heteroatoms. The molecular formula is C11H13OPS. The summed E-state index contributed by atoms with van der Waals surface area (Å²) in [6, 6.07) is 2.41. The van der Waals surface area contributed by atoms with Gasteiger partial charge in [-0.1, -0.05) is 11.8 Å². The van der Waals surface area contributed by atoms with Crippen molar-refractivity contribution in [3.05, 3.63) is 41.1 Å². The third-order valence-electron chi connectivity index (χ3n) is 2.59. The van der Waals surface area contributed by atoms with Gasteiger partial charge in [-0.2, -0.15) is 0 Å². The molecule has 0 aliphatic carbocycles. The summed E-state index contributed by atoms with van der Waals surface area (Å²) in [5.74, 6) is 3.18. The van der Waals surface area contributed by atoms with Crippen LogP contribution in [0.4, 0.5) is 0 Å². The van der Waals surface area contributed by atoms with E-state index in [-0.39, 0.29) is 0 Å². The molecule has 1 aromatic heterocycles. The van der Waals surface area contributed by atoms with Crippen LogP contribution in [0.15, 0.2) is 39.8 Å². The number of hydrogen-bond donors (Lipinski definition) is 0. The van der Waals surface area contributed by atoms with E-state index in [1.807, 2.05) is 12.1 Å². The summed E-state index contributed by atoms with van der Waals surface area (Å²) in [7, 11) is 0. The lowest BCUT2D eigenvalue weighted by Gasteiger charge is -2.11. The van der Waals surface area contributed by atoms with Crippen LogP contribution in [-0.4, -0.2) is 6.66 Å². The summed E-state index contributed by atoms with van der Waals surface area (Å²) < 4.78 is 5.44. The second-order valence-electron chi connectivity index (χ2n) is 3.75. The average Bonchev–Trinajstić information content (AvgIpc) is 2.60. The van der Waals surface area contributed by atoms with Crippen LogP contribution >= 0.6 is 6.04 Å². The summed E-state index contributed by atoms with van der Waals surface area (Å²) in [5.41, 5.74) is 2.60. The lowest BCUT2D eigenvalue weighted by molar-refractivity contribution is 0.555. The molecule has 0 fully saturated rings. The molecule has 0 saturated carbocycles. The highest BCUT2D eigenvalue weighted by Gasteiger charge is 2.26. The monoisotopic (exact) mass is 224 g/mol. The first-order valence-corrected chi connectivity index (χ1v) is 7.86. The minimum atomic E-state index is -1.50. The molecule has 0 radical (unpaired) electrons. The Kier molecular flexibility index (Phi) is 2.29. The molecule has 0 unspecified atom stereocenters. The van der Waals surface area contributed by atoms with Gasteiger partial charge in [0.1, 0.15) is 5.76 Å². The summed E-state index contributed by atoms with van der Waals surface area (Å²) in [6.45, 7) is 6.40. The molecule has 0 aromatic carbocycles. The van der Waals surface area contributed by atoms with E-state index in [2.05, 4.69) is 26.3 Å². The van der Waals surface area contributed by atoms with Crippen molar-refractivity contribution >= 4 is 23.2 Å². The molecule has 0 spiro atoms. The second-order valence-corrected chi connectivity index (χ2v) is 8.71. The molecule has 0 bridgehead atoms. The summed E-state index contributed by atoms with van der Waals surface area (Å²) in [4.78, 5) is 0. The minimum absolute atomic E-state index is 0.946. The third kappa shape index (κ3) is 1.43. The van der Waals surface area contributed by atoms with E-state index >= 15 is 0 Å². The normalized spacial score (nSPS) is 26.9. The largest absolute Gasteiger partial charge is 0.464 e. The van der Waals surface area contributed by atoms with Crippen LogP contribution in [-0.2, 0) is 11.8 Å². The predicted molar refractivity (Wildman–Crippen MR) is 65.3 cm³/mol. The van der Waals surface area contributed by atoms with Crippen LogP contribution in [0.2, 0.25) is 0 Å². The van der Waals surface area contributed by atoms with Crippen LogP contribution in [0, 0.1) is 0 Å². The first-order valence-electron chi connectivity index (χ1n) is 4.55. The molecule has 1 atom stereocenters. The molecule has 1 nitrogen and oxygen atoms in total. The van der Waals surface area contributed by atoms with Gasteiger partial charge in [-0.3, -0.25) is 0 Å². The zero-order valence-electron chi connectivity index (χ0n) is 8.57. The quantitative estimate of drug-likeness (QED) is 0.668. The van der Waals surface area contributed by atoms with Gasteiger partial charge in [-0.25, -0.2) is 0 Å². The van der Waals surface area contributed by atoms with Crippen LogP contribution in [0.5, 0.6) is 0 Å². The molecule has 14 heavy (non-hydrogen) atoms. The number of hydrogen-bond acceptors (Lipinski definition) is 2. The Morgan fingerprint density at radius 3 is 2.50 bits per heavy atom. The van der Waals surface area contributed by atoms with Gasteiger partial charge in [0.2, 0.25) is 0 Å². The molecule has 74 valence electrons. The van der Waals surface area contributed by atoms with Crippen molar-refractivity contribution in [2.24, 2.45) is 0 Å². The zero-order chi connectivity index (χ0) is 10.3. The van der Waals surface area contributed by atoms with Gasteiger partial charge < -0.3 is 4.42 Å². The molecule has 2 rings (SSSR count). The molecule has 1 aliphatic heterocycles. The van der Waals surface area contributed by atoms with Gasteiger partial charge >= 0.3 is 0 Å². The maximum Gasteiger partial charge on any atom is 0.135 e. The Labute approximate surface area is 89.5 Å². The molecular weight excluding hydrogens is 211 g/mol. The Balaban J connectivity index is 2.62. The van der Waals surface area contributed by atoms with Crippen LogP contribution in [0.3, 0.4) is 0 Å². The van der Waals surface area contributed by atoms with Crippen LogP contribution in [0.25, 0.3) is 5.31 Å². The van der Waals surface area contributed by atoms with Gasteiger partial charge in [-0.15, -0.1) is 0 Å². The number of allylic oxidation sites excluding steroid dienone is 2. The van der Waals surface area contributed by atoms with Crippen LogP contribution in [0.1, 0.15) is 19.6 Å². The highest BCUT2D eigenvalue weighted by atomic mass is 32.4. The molecule has 0 saturated heterocycles. The standard InChI is InChI=1S/C11H13OPS/c1-8-7-13(3,14)11(9(8)2)10-5-4-6-12-10/h4-7H,1-3H3/t13-/m1/s1. The molecule has 0 amide bonds.